The van der Waals surface area contributed by atoms with Crippen molar-refractivity contribution in [1.29, 1.82) is 0 Å². The Bertz CT molecular complexity index is 351. The second kappa shape index (κ2) is 2.99. The van der Waals surface area contributed by atoms with Gasteiger partial charge in [0.15, 0.2) is 5.60 Å². The fourth-order valence-corrected chi connectivity index (χ4v) is 1.33. The minimum atomic E-state index is -1.02. The highest BCUT2D eigenvalue weighted by Crippen LogP contribution is 2.31. The fourth-order valence-electron chi connectivity index (χ4n) is 1.33. The quantitative estimate of drug-likeness (QED) is 0.698. The van der Waals surface area contributed by atoms with Crippen LogP contribution in [0, 0.1) is 0 Å². The molecule has 1 aromatic rings. The van der Waals surface area contributed by atoms with Crippen molar-refractivity contribution < 1.29 is 19.7 Å². The Morgan fingerprint density at radius 2 is 2.00 bits per heavy atom. The van der Waals surface area contributed by atoms with Crippen LogP contribution in [0.2, 0.25) is 0 Å². The molecule has 1 saturated heterocycles. The van der Waals surface area contributed by atoms with E-state index in [1.807, 2.05) is 0 Å². The summed E-state index contributed by atoms with van der Waals surface area (Å²) in [6, 6.07) is 6.46. The third kappa shape index (κ3) is 1.56. The lowest BCUT2D eigenvalue weighted by atomic mass is 10.0. The maximum Gasteiger partial charge on any atom is 0.338 e. The number of aromatic hydroxyl groups is 1. The summed E-state index contributed by atoms with van der Waals surface area (Å²) in [5.41, 5.74) is -0.167. The minimum Gasteiger partial charge on any atom is -0.508 e. The molecule has 1 heterocycles. The van der Waals surface area contributed by atoms with Gasteiger partial charge in [-0.2, -0.15) is 0 Å². The number of hydrogen-bond donors (Lipinski definition) is 2. The van der Waals surface area contributed by atoms with Crippen molar-refractivity contribution in [3.63, 3.8) is 0 Å². The van der Waals surface area contributed by atoms with E-state index in [-0.39, 0.29) is 12.4 Å². The van der Waals surface area contributed by atoms with Crippen molar-refractivity contribution in [2.24, 2.45) is 0 Å². The number of rotatable bonds is 3. The summed E-state index contributed by atoms with van der Waals surface area (Å²) >= 11 is 0. The van der Waals surface area contributed by atoms with E-state index in [9.17, 15) is 4.79 Å². The van der Waals surface area contributed by atoms with Gasteiger partial charge in [-0.15, -0.1) is 0 Å². The predicted molar refractivity (Wildman–Crippen MR) is 48.1 cm³/mol. The highest BCUT2D eigenvalue weighted by atomic mass is 16.6. The number of carboxylic acid groups (broad SMARTS) is 1. The van der Waals surface area contributed by atoms with Gasteiger partial charge in [0.25, 0.3) is 0 Å². The molecule has 0 spiro atoms. The molecule has 1 fully saturated rings. The zero-order valence-electron chi connectivity index (χ0n) is 7.43. The van der Waals surface area contributed by atoms with Gasteiger partial charge in [0.2, 0.25) is 0 Å². The van der Waals surface area contributed by atoms with Crippen molar-refractivity contribution in [3.8, 4) is 5.75 Å². The normalized spacial score (nSPS) is 24.6. The molecule has 1 atom stereocenters. The van der Waals surface area contributed by atoms with Crippen LogP contribution in [-0.4, -0.2) is 28.4 Å². The molecule has 0 amide bonds. The van der Waals surface area contributed by atoms with Crippen LogP contribution in [0.4, 0.5) is 0 Å². The summed E-state index contributed by atoms with van der Waals surface area (Å²) < 4.78 is 4.93. The third-order valence-electron chi connectivity index (χ3n) is 2.31. The van der Waals surface area contributed by atoms with Gasteiger partial charge >= 0.3 is 5.97 Å². The average Bonchev–Trinajstić information content (AvgIpc) is 2.90. The molecule has 0 saturated carbocycles. The van der Waals surface area contributed by atoms with Crippen LogP contribution in [0.15, 0.2) is 24.3 Å². The van der Waals surface area contributed by atoms with Crippen LogP contribution in [0.5, 0.6) is 5.75 Å². The maximum absolute atomic E-state index is 10.8. The molecular formula is C10H10O4. The van der Waals surface area contributed by atoms with Gasteiger partial charge in [-0.3, -0.25) is 0 Å². The molecule has 0 bridgehead atoms. The van der Waals surface area contributed by atoms with E-state index in [1.54, 1.807) is 12.1 Å². The van der Waals surface area contributed by atoms with Gasteiger partial charge in [-0.05, 0) is 17.7 Å². The van der Waals surface area contributed by atoms with Crippen LogP contribution in [0.1, 0.15) is 5.56 Å². The summed E-state index contributed by atoms with van der Waals surface area (Å²) in [5, 5.41) is 17.9. The molecule has 74 valence electrons. The lowest BCUT2D eigenvalue weighted by Gasteiger charge is -2.05. The Balaban J connectivity index is 2.11. The van der Waals surface area contributed by atoms with Gasteiger partial charge < -0.3 is 14.9 Å². The lowest BCUT2D eigenvalue weighted by Crippen LogP contribution is -2.26. The molecule has 2 N–H and O–H groups in total. The average molecular weight is 194 g/mol. The third-order valence-corrected chi connectivity index (χ3v) is 2.31. The highest BCUT2D eigenvalue weighted by molar-refractivity contribution is 5.80. The largest absolute Gasteiger partial charge is 0.508 e. The van der Waals surface area contributed by atoms with E-state index < -0.39 is 11.6 Å². The number of benzene rings is 1. The van der Waals surface area contributed by atoms with Crippen molar-refractivity contribution in [3.05, 3.63) is 29.8 Å². The van der Waals surface area contributed by atoms with Crippen molar-refractivity contribution >= 4 is 5.97 Å². The molecule has 0 aromatic heterocycles. The van der Waals surface area contributed by atoms with E-state index in [0.29, 0.717) is 6.42 Å². The summed E-state index contributed by atoms with van der Waals surface area (Å²) in [5.74, 6) is -0.750. The summed E-state index contributed by atoms with van der Waals surface area (Å²) in [6.45, 7) is 0.267. The number of hydrogen-bond acceptors (Lipinski definition) is 3. The Morgan fingerprint density at radius 1 is 1.43 bits per heavy atom. The van der Waals surface area contributed by atoms with Gasteiger partial charge in [0.05, 0.1) is 6.61 Å². The minimum absolute atomic E-state index is 0.176. The summed E-state index contributed by atoms with van der Waals surface area (Å²) in [7, 11) is 0. The molecular weight excluding hydrogens is 184 g/mol. The number of aliphatic carboxylic acids is 1. The van der Waals surface area contributed by atoms with Crippen LogP contribution in [0.3, 0.4) is 0 Å². The Hall–Kier alpha value is -1.55. The molecule has 4 heteroatoms. The number of phenols is 1. The van der Waals surface area contributed by atoms with Crippen LogP contribution in [-0.2, 0) is 16.0 Å². The van der Waals surface area contributed by atoms with Crippen molar-refractivity contribution in [1.82, 2.24) is 0 Å². The Morgan fingerprint density at radius 3 is 2.43 bits per heavy atom. The molecule has 1 aromatic carbocycles. The van der Waals surface area contributed by atoms with E-state index in [0.717, 1.165) is 5.56 Å². The first-order valence-electron chi connectivity index (χ1n) is 4.28. The number of carboxylic acids is 1. The first-order chi connectivity index (χ1) is 6.62. The highest BCUT2D eigenvalue weighted by Gasteiger charge is 2.52. The Kier molecular flexibility index (Phi) is 1.93. The zero-order chi connectivity index (χ0) is 10.2. The molecule has 0 aliphatic carbocycles. The topological polar surface area (TPSA) is 70.1 Å². The summed E-state index contributed by atoms with van der Waals surface area (Å²) in [4.78, 5) is 10.8. The molecule has 14 heavy (non-hydrogen) atoms. The second-order valence-electron chi connectivity index (χ2n) is 3.43. The SMILES string of the molecule is O=C(O)C1(Cc2ccc(O)cc2)CO1. The number of phenolic OH excluding ortho intramolecular Hbond substituents is 1. The number of ether oxygens (including phenoxy) is 1. The number of carbonyl (C=O) groups is 1. The Labute approximate surface area is 80.7 Å². The van der Waals surface area contributed by atoms with Gasteiger partial charge in [0.1, 0.15) is 5.75 Å². The van der Waals surface area contributed by atoms with Crippen molar-refractivity contribution in [2.45, 2.75) is 12.0 Å². The van der Waals surface area contributed by atoms with E-state index in [4.69, 9.17) is 14.9 Å². The van der Waals surface area contributed by atoms with Crippen LogP contribution >= 0.6 is 0 Å². The lowest BCUT2D eigenvalue weighted by molar-refractivity contribution is -0.143. The van der Waals surface area contributed by atoms with Crippen LogP contribution in [0.25, 0.3) is 0 Å². The smallest absolute Gasteiger partial charge is 0.338 e. The zero-order valence-corrected chi connectivity index (χ0v) is 7.43. The van der Waals surface area contributed by atoms with E-state index >= 15 is 0 Å². The predicted octanol–water partition coefficient (Wildman–Crippen LogP) is 0.788. The van der Waals surface area contributed by atoms with E-state index in [2.05, 4.69) is 0 Å². The van der Waals surface area contributed by atoms with Crippen LogP contribution < -0.4 is 0 Å². The van der Waals surface area contributed by atoms with Crippen molar-refractivity contribution in [2.75, 3.05) is 6.61 Å². The molecule has 1 unspecified atom stereocenters. The van der Waals surface area contributed by atoms with Gasteiger partial charge in [-0.1, -0.05) is 12.1 Å². The standard InChI is InChI=1S/C10H10O4/c11-8-3-1-7(2-4-8)5-10(6-14-10)9(12)13/h1-4,11H,5-6H2,(H,12,13). The first kappa shape index (κ1) is 9.02. The molecule has 1 aliphatic heterocycles. The first-order valence-corrected chi connectivity index (χ1v) is 4.28. The number of epoxide rings is 1. The van der Waals surface area contributed by atoms with Gasteiger partial charge in [-0.25, -0.2) is 4.79 Å². The molecule has 2 rings (SSSR count). The fraction of sp³-hybridized carbons (Fsp3) is 0.300. The molecule has 4 nitrogen and oxygen atoms in total. The summed E-state index contributed by atoms with van der Waals surface area (Å²) in [6.07, 6.45) is 0.350. The second-order valence-corrected chi connectivity index (χ2v) is 3.43. The molecule has 0 radical (unpaired) electrons. The maximum atomic E-state index is 10.8. The monoisotopic (exact) mass is 194 g/mol. The van der Waals surface area contributed by atoms with E-state index in [1.165, 1.54) is 12.1 Å². The molecule has 1 aliphatic rings. The van der Waals surface area contributed by atoms with Gasteiger partial charge in [0, 0.05) is 6.42 Å².